The molecule has 2 aromatic heterocycles. The second kappa shape index (κ2) is 7.85. The van der Waals surface area contributed by atoms with Crippen molar-refractivity contribution in [2.24, 2.45) is 0 Å². The third-order valence-electron chi connectivity index (χ3n) is 3.92. The number of halogens is 2. The molecule has 5 nitrogen and oxygen atoms in total. The number of rotatable bonds is 7. The van der Waals surface area contributed by atoms with E-state index < -0.39 is 8.07 Å². The van der Waals surface area contributed by atoms with Gasteiger partial charge >= 0.3 is 0 Å². The molecule has 0 N–H and O–H groups in total. The number of nitrogens with zero attached hydrogens (tertiary/aromatic N) is 4. The average molecular weight is 437 g/mol. The number of ether oxygens (including phenoxy) is 1. The molecule has 0 aliphatic rings. The molecule has 0 aliphatic carbocycles. The highest BCUT2D eigenvalue weighted by atomic mass is 79.9. The maximum atomic E-state index is 13.7. The van der Waals surface area contributed by atoms with Gasteiger partial charge in [-0.25, -0.2) is 13.8 Å². The average Bonchev–Trinajstić information content (AvgIpc) is 3.22. The van der Waals surface area contributed by atoms with Crippen LogP contribution in [0.3, 0.4) is 0 Å². The van der Waals surface area contributed by atoms with Gasteiger partial charge in [-0.05, 0) is 39.7 Å². The van der Waals surface area contributed by atoms with Crippen LogP contribution in [-0.4, -0.2) is 34.2 Å². The molecule has 0 spiro atoms. The lowest BCUT2D eigenvalue weighted by atomic mass is 10.1. The van der Waals surface area contributed by atoms with E-state index in [2.05, 4.69) is 45.8 Å². The van der Waals surface area contributed by atoms with Gasteiger partial charge in [0.2, 0.25) is 0 Å². The molecular formula is C18H22BrFN4OSi. The second-order valence-corrected chi connectivity index (χ2v) is 13.8. The molecule has 0 saturated heterocycles. The van der Waals surface area contributed by atoms with Gasteiger partial charge in [-0.1, -0.05) is 25.7 Å². The number of hydrogen-bond acceptors (Lipinski definition) is 3. The Hall–Kier alpha value is -1.77. The molecule has 0 radical (unpaired) electrons. The SMILES string of the molecule is C[Si](C)(C)CCOCn1ccc(-n2cc(-c3ccc(Br)c(F)c3)cn2)n1. The van der Waals surface area contributed by atoms with Crippen LogP contribution in [0.4, 0.5) is 4.39 Å². The fraction of sp³-hybridized carbons (Fsp3) is 0.333. The Kier molecular flexibility index (Phi) is 5.74. The molecule has 0 atom stereocenters. The summed E-state index contributed by atoms with van der Waals surface area (Å²) in [5, 5.41) is 8.80. The Morgan fingerprint density at radius 3 is 2.73 bits per heavy atom. The normalized spacial score (nSPS) is 11.9. The molecule has 0 unspecified atom stereocenters. The van der Waals surface area contributed by atoms with Gasteiger partial charge in [0.1, 0.15) is 12.5 Å². The summed E-state index contributed by atoms with van der Waals surface area (Å²) in [6.07, 6.45) is 5.40. The lowest BCUT2D eigenvalue weighted by Gasteiger charge is -2.15. The topological polar surface area (TPSA) is 44.9 Å². The van der Waals surface area contributed by atoms with Crippen molar-refractivity contribution in [2.75, 3.05) is 6.61 Å². The van der Waals surface area contributed by atoms with Crippen LogP contribution >= 0.6 is 15.9 Å². The maximum absolute atomic E-state index is 13.7. The van der Waals surface area contributed by atoms with Gasteiger partial charge in [-0.15, -0.1) is 0 Å². The summed E-state index contributed by atoms with van der Waals surface area (Å²) in [6.45, 7) is 8.17. The van der Waals surface area contributed by atoms with Gasteiger partial charge in [0, 0.05) is 38.7 Å². The summed E-state index contributed by atoms with van der Waals surface area (Å²) >= 11 is 3.16. The second-order valence-electron chi connectivity index (χ2n) is 7.36. The minimum absolute atomic E-state index is 0.296. The molecular weight excluding hydrogens is 415 g/mol. The summed E-state index contributed by atoms with van der Waals surface area (Å²) < 4.78 is 23.3. The van der Waals surface area contributed by atoms with E-state index in [1.807, 2.05) is 24.5 Å². The summed E-state index contributed by atoms with van der Waals surface area (Å²) in [5.41, 5.74) is 1.60. The van der Waals surface area contributed by atoms with E-state index in [4.69, 9.17) is 4.74 Å². The van der Waals surface area contributed by atoms with Gasteiger partial charge < -0.3 is 4.74 Å². The Bertz CT molecular complexity index is 887. The minimum atomic E-state index is -1.08. The monoisotopic (exact) mass is 436 g/mol. The van der Waals surface area contributed by atoms with E-state index in [1.165, 1.54) is 6.07 Å². The first-order valence-corrected chi connectivity index (χ1v) is 12.9. The molecule has 138 valence electrons. The fourth-order valence-electron chi connectivity index (χ4n) is 2.35. The van der Waals surface area contributed by atoms with Crippen LogP contribution in [0.25, 0.3) is 16.9 Å². The van der Waals surface area contributed by atoms with Gasteiger partial charge in [-0.3, -0.25) is 0 Å². The first kappa shape index (κ1) is 19.0. The lowest BCUT2D eigenvalue weighted by Crippen LogP contribution is -2.22. The van der Waals surface area contributed by atoms with Crippen molar-refractivity contribution in [3.8, 4) is 16.9 Å². The van der Waals surface area contributed by atoms with Crippen molar-refractivity contribution in [3.63, 3.8) is 0 Å². The van der Waals surface area contributed by atoms with E-state index in [0.717, 1.165) is 23.8 Å². The zero-order chi connectivity index (χ0) is 18.7. The largest absolute Gasteiger partial charge is 0.360 e. The Labute approximate surface area is 161 Å². The number of hydrogen-bond donors (Lipinski definition) is 0. The van der Waals surface area contributed by atoms with E-state index in [0.29, 0.717) is 17.0 Å². The lowest BCUT2D eigenvalue weighted by molar-refractivity contribution is 0.0785. The molecule has 26 heavy (non-hydrogen) atoms. The van der Waals surface area contributed by atoms with Gasteiger partial charge in [0.25, 0.3) is 0 Å². The third-order valence-corrected chi connectivity index (χ3v) is 6.26. The Balaban J connectivity index is 1.64. The van der Waals surface area contributed by atoms with E-state index in [-0.39, 0.29) is 5.82 Å². The zero-order valence-corrected chi connectivity index (χ0v) is 17.7. The third kappa shape index (κ3) is 4.90. The van der Waals surface area contributed by atoms with Crippen molar-refractivity contribution < 1.29 is 9.13 Å². The van der Waals surface area contributed by atoms with Crippen molar-refractivity contribution in [1.29, 1.82) is 0 Å². The van der Waals surface area contributed by atoms with Crippen LogP contribution in [0.2, 0.25) is 25.7 Å². The van der Waals surface area contributed by atoms with Crippen LogP contribution in [0.15, 0.2) is 47.3 Å². The van der Waals surface area contributed by atoms with Crippen LogP contribution in [0.1, 0.15) is 0 Å². The maximum Gasteiger partial charge on any atom is 0.175 e. The summed E-state index contributed by atoms with van der Waals surface area (Å²) in [6, 6.07) is 8.03. The zero-order valence-electron chi connectivity index (χ0n) is 15.1. The number of benzene rings is 1. The Morgan fingerprint density at radius 1 is 1.19 bits per heavy atom. The first-order chi connectivity index (χ1) is 12.3. The fourth-order valence-corrected chi connectivity index (χ4v) is 3.36. The van der Waals surface area contributed by atoms with Crippen LogP contribution in [0.5, 0.6) is 0 Å². The quantitative estimate of drug-likeness (QED) is 0.388. The molecule has 1 aromatic carbocycles. The molecule has 2 heterocycles. The van der Waals surface area contributed by atoms with Crippen molar-refractivity contribution in [2.45, 2.75) is 32.4 Å². The molecule has 0 fully saturated rings. The minimum Gasteiger partial charge on any atom is -0.360 e. The predicted octanol–water partition coefficient (Wildman–Crippen LogP) is 4.95. The Morgan fingerprint density at radius 2 is 2.00 bits per heavy atom. The molecule has 3 rings (SSSR count). The number of aromatic nitrogens is 4. The van der Waals surface area contributed by atoms with E-state index in [9.17, 15) is 4.39 Å². The summed E-state index contributed by atoms with van der Waals surface area (Å²) in [4.78, 5) is 0. The molecule has 8 heteroatoms. The van der Waals surface area contributed by atoms with E-state index in [1.54, 1.807) is 21.6 Å². The first-order valence-electron chi connectivity index (χ1n) is 8.43. The van der Waals surface area contributed by atoms with Crippen LogP contribution < -0.4 is 0 Å². The predicted molar refractivity (Wildman–Crippen MR) is 107 cm³/mol. The molecule has 0 amide bonds. The van der Waals surface area contributed by atoms with Crippen molar-refractivity contribution >= 4 is 24.0 Å². The summed E-state index contributed by atoms with van der Waals surface area (Å²) in [7, 11) is -1.08. The smallest absolute Gasteiger partial charge is 0.175 e. The molecule has 3 aromatic rings. The standard InChI is InChI=1S/C18H22BrFN4OSi/c1-26(2,3)9-8-25-13-23-7-6-18(22-23)24-12-15(11-21-24)14-4-5-16(19)17(20)10-14/h4-7,10-12H,8-9,13H2,1-3H3. The molecule has 0 saturated carbocycles. The highest BCUT2D eigenvalue weighted by molar-refractivity contribution is 9.10. The van der Waals surface area contributed by atoms with Crippen molar-refractivity contribution in [3.05, 3.63) is 53.1 Å². The van der Waals surface area contributed by atoms with Gasteiger partial charge in [0.05, 0.1) is 10.7 Å². The van der Waals surface area contributed by atoms with Crippen LogP contribution in [-0.2, 0) is 11.5 Å². The highest BCUT2D eigenvalue weighted by Crippen LogP contribution is 2.24. The highest BCUT2D eigenvalue weighted by Gasteiger charge is 2.12. The summed E-state index contributed by atoms with van der Waals surface area (Å²) in [5.74, 6) is 0.401. The molecule has 0 bridgehead atoms. The van der Waals surface area contributed by atoms with Crippen LogP contribution in [0, 0.1) is 5.82 Å². The van der Waals surface area contributed by atoms with Crippen molar-refractivity contribution in [1.82, 2.24) is 19.6 Å². The van der Waals surface area contributed by atoms with Gasteiger partial charge in [0.15, 0.2) is 5.82 Å². The molecule has 0 aliphatic heterocycles. The van der Waals surface area contributed by atoms with Gasteiger partial charge in [-0.2, -0.15) is 10.2 Å². The van der Waals surface area contributed by atoms with E-state index >= 15 is 0 Å².